The third-order valence-corrected chi connectivity index (χ3v) is 1.82. The summed E-state index contributed by atoms with van der Waals surface area (Å²) in [6.07, 6.45) is 2.47. The van der Waals surface area contributed by atoms with E-state index in [1.807, 2.05) is 0 Å². The highest BCUT2D eigenvalue weighted by atomic mass is 16.2. The second kappa shape index (κ2) is 3.37. The molecule has 0 aliphatic carbocycles. The lowest BCUT2D eigenvalue weighted by Crippen LogP contribution is -2.26. The van der Waals surface area contributed by atoms with E-state index in [0.717, 1.165) is 6.42 Å². The lowest BCUT2D eigenvalue weighted by molar-refractivity contribution is -0.120. The SMILES string of the molecule is NC(=O)CC[C@@H]1CCC(=O)N1. The van der Waals surface area contributed by atoms with E-state index in [1.54, 1.807) is 0 Å². The van der Waals surface area contributed by atoms with Gasteiger partial charge < -0.3 is 11.1 Å². The van der Waals surface area contributed by atoms with E-state index in [9.17, 15) is 9.59 Å². The van der Waals surface area contributed by atoms with E-state index in [-0.39, 0.29) is 17.9 Å². The van der Waals surface area contributed by atoms with E-state index in [0.29, 0.717) is 19.3 Å². The van der Waals surface area contributed by atoms with Gasteiger partial charge >= 0.3 is 0 Å². The summed E-state index contributed by atoms with van der Waals surface area (Å²) >= 11 is 0. The molecular formula is C7H12N2O2. The molecule has 1 saturated heterocycles. The van der Waals surface area contributed by atoms with Crippen LogP contribution in [0.3, 0.4) is 0 Å². The number of nitrogens with two attached hydrogens (primary N) is 1. The van der Waals surface area contributed by atoms with E-state index < -0.39 is 0 Å². The van der Waals surface area contributed by atoms with Crippen molar-refractivity contribution in [2.45, 2.75) is 31.7 Å². The zero-order valence-electron chi connectivity index (χ0n) is 6.30. The van der Waals surface area contributed by atoms with Gasteiger partial charge in [-0.05, 0) is 12.8 Å². The molecular weight excluding hydrogens is 144 g/mol. The van der Waals surface area contributed by atoms with Gasteiger partial charge in [-0.1, -0.05) is 0 Å². The molecule has 4 heteroatoms. The van der Waals surface area contributed by atoms with Gasteiger partial charge in [0.15, 0.2) is 0 Å². The van der Waals surface area contributed by atoms with Gasteiger partial charge in [-0.2, -0.15) is 0 Å². The Morgan fingerprint density at radius 3 is 2.91 bits per heavy atom. The maximum Gasteiger partial charge on any atom is 0.220 e. The molecule has 0 spiro atoms. The number of nitrogens with one attached hydrogen (secondary N) is 1. The number of primary amides is 1. The monoisotopic (exact) mass is 156 g/mol. The van der Waals surface area contributed by atoms with Crippen LogP contribution in [0.15, 0.2) is 0 Å². The van der Waals surface area contributed by atoms with E-state index in [2.05, 4.69) is 5.32 Å². The Hall–Kier alpha value is -1.06. The predicted molar refractivity (Wildman–Crippen MR) is 39.6 cm³/mol. The largest absolute Gasteiger partial charge is 0.370 e. The summed E-state index contributed by atoms with van der Waals surface area (Å²) in [6.45, 7) is 0. The molecule has 0 radical (unpaired) electrons. The first-order chi connectivity index (χ1) is 5.18. The topological polar surface area (TPSA) is 72.2 Å². The van der Waals surface area contributed by atoms with Gasteiger partial charge in [0.05, 0.1) is 0 Å². The quantitative estimate of drug-likeness (QED) is 0.579. The maximum absolute atomic E-state index is 10.7. The normalized spacial score (nSPS) is 23.3. The molecule has 0 aromatic heterocycles. The van der Waals surface area contributed by atoms with Crippen molar-refractivity contribution >= 4 is 11.8 Å². The van der Waals surface area contributed by atoms with Crippen molar-refractivity contribution in [2.75, 3.05) is 0 Å². The number of amides is 2. The molecule has 4 nitrogen and oxygen atoms in total. The van der Waals surface area contributed by atoms with E-state index in [4.69, 9.17) is 5.73 Å². The number of rotatable bonds is 3. The van der Waals surface area contributed by atoms with Crippen molar-refractivity contribution in [2.24, 2.45) is 5.73 Å². The van der Waals surface area contributed by atoms with Crippen LogP contribution in [0.2, 0.25) is 0 Å². The molecule has 0 aromatic carbocycles. The number of carbonyl (C=O) groups is 2. The Kier molecular flexibility index (Phi) is 2.46. The van der Waals surface area contributed by atoms with Crippen LogP contribution >= 0.6 is 0 Å². The van der Waals surface area contributed by atoms with E-state index >= 15 is 0 Å². The van der Waals surface area contributed by atoms with Gasteiger partial charge in [0.2, 0.25) is 11.8 Å². The number of hydrogen-bond acceptors (Lipinski definition) is 2. The summed E-state index contributed by atoms with van der Waals surface area (Å²) in [5.41, 5.74) is 4.95. The second-order valence-corrected chi connectivity index (χ2v) is 2.81. The zero-order valence-corrected chi connectivity index (χ0v) is 6.30. The molecule has 1 aliphatic heterocycles. The Morgan fingerprint density at radius 1 is 1.73 bits per heavy atom. The average Bonchev–Trinajstić information content (AvgIpc) is 2.31. The molecule has 62 valence electrons. The van der Waals surface area contributed by atoms with Crippen molar-refractivity contribution in [1.29, 1.82) is 0 Å². The van der Waals surface area contributed by atoms with Crippen molar-refractivity contribution in [3.8, 4) is 0 Å². The number of carbonyl (C=O) groups excluding carboxylic acids is 2. The van der Waals surface area contributed by atoms with Crippen molar-refractivity contribution in [3.63, 3.8) is 0 Å². The molecule has 0 saturated carbocycles. The molecule has 0 aromatic rings. The van der Waals surface area contributed by atoms with Crippen LogP contribution in [0.4, 0.5) is 0 Å². The van der Waals surface area contributed by atoms with Gasteiger partial charge in [0.25, 0.3) is 0 Å². The minimum absolute atomic E-state index is 0.0828. The van der Waals surface area contributed by atoms with Crippen LogP contribution < -0.4 is 11.1 Å². The first kappa shape index (κ1) is 8.04. The zero-order chi connectivity index (χ0) is 8.27. The minimum atomic E-state index is -0.300. The Labute approximate surface area is 65.1 Å². The van der Waals surface area contributed by atoms with Crippen molar-refractivity contribution in [3.05, 3.63) is 0 Å². The van der Waals surface area contributed by atoms with Crippen LogP contribution in [0.5, 0.6) is 0 Å². The molecule has 0 bridgehead atoms. The fourth-order valence-electron chi connectivity index (χ4n) is 1.21. The van der Waals surface area contributed by atoms with Gasteiger partial charge in [-0.25, -0.2) is 0 Å². The van der Waals surface area contributed by atoms with Gasteiger partial charge in [0.1, 0.15) is 0 Å². The van der Waals surface area contributed by atoms with Gasteiger partial charge in [-0.3, -0.25) is 9.59 Å². The first-order valence-electron chi connectivity index (χ1n) is 3.76. The maximum atomic E-state index is 10.7. The summed E-state index contributed by atoms with van der Waals surface area (Å²) in [5.74, 6) is -0.217. The van der Waals surface area contributed by atoms with Crippen LogP contribution in [-0.2, 0) is 9.59 Å². The Morgan fingerprint density at radius 2 is 2.45 bits per heavy atom. The molecule has 1 fully saturated rings. The third-order valence-electron chi connectivity index (χ3n) is 1.82. The number of hydrogen-bond donors (Lipinski definition) is 2. The van der Waals surface area contributed by atoms with Crippen LogP contribution in [0.1, 0.15) is 25.7 Å². The molecule has 1 rings (SSSR count). The molecule has 11 heavy (non-hydrogen) atoms. The second-order valence-electron chi connectivity index (χ2n) is 2.81. The lowest BCUT2D eigenvalue weighted by atomic mass is 10.1. The summed E-state index contributed by atoms with van der Waals surface area (Å²) in [7, 11) is 0. The fourth-order valence-corrected chi connectivity index (χ4v) is 1.21. The lowest BCUT2D eigenvalue weighted by Gasteiger charge is -2.06. The van der Waals surface area contributed by atoms with E-state index in [1.165, 1.54) is 0 Å². The highest BCUT2D eigenvalue weighted by Gasteiger charge is 2.20. The summed E-state index contributed by atoms with van der Waals surface area (Å²) in [6, 6.07) is 0.176. The molecule has 1 heterocycles. The fraction of sp³-hybridized carbons (Fsp3) is 0.714. The molecule has 2 amide bonds. The highest BCUT2D eigenvalue weighted by molar-refractivity contribution is 5.78. The average molecular weight is 156 g/mol. The van der Waals surface area contributed by atoms with Crippen LogP contribution in [0, 0.1) is 0 Å². The van der Waals surface area contributed by atoms with Crippen molar-refractivity contribution < 1.29 is 9.59 Å². The molecule has 1 aliphatic rings. The van der Waals surface area contributed by atoms with Crippen molar-refractivity contribution in [1.82, 2.24) is 5.32 Å². The predicted octanol–water partition coefficient (Wildman–Crippen LogP) is -0.470. The summed E-state index contributed by atoms with van der Waals surface area (Å²) in [4.78, 5) is 21.0. The smallest absolute Gasteiger partial charge is 0.220 e. The third kappa shape index (κ3) is 2.57. The Balaban J connectivity index is 2.18. The molecule has 1 atom stereocenters. The highest BCUT2D eigenvalue weighted by Crippen LogP contribution is 2.11. The van der Waals surface area contributed by atoms with Gasteiger partial charge in [-0.15, -0.1) is 0 Å². The minimum Gasteiger partial charge on any atom is -0.370 e. The van der Waals surface area contributed by atoms with Gasteiger partial charge in [0, 0.05) is 18.9 Å². The molecule has 3 N–H and O–H groups in total. The first-order valence-corrected chi connectivity index (χ1v) is 3.76. The summed E-state index contributed by atoms with van der Waals surface area (Å²) < 4.78 is 0. The summed E-state index contributed by atoms with van der Waals surface area (Å²) in [5, 5.41) is 2.76. The standard InChI is InChI=1S/C7H12N2O2/c8-6(10)3-1-5-2-4-7(11)9-5/h5H,1-4H2,(H2,8,10)(H,9,11)/t5-/m1/s1. The molecule has 0 unspecified atom stereocenters. The van der Waals surface area contributed by atoms with Crippen LogP contribution in [0.25, 0.3) is 0 Å². The Bertz CT molecular complexity index is 179. The van der Waals surface area contributed by atoms with Crippen LogP contribution in [-0.4, -0.2) is 17.9 Å².